The van der Waals surface area contributed by atoms with Gasteiger partial charge in [0.2, 0.25) is 0 Å². The topological polar surface area (TPSA) is 16.1 Å². The third-order valence-corrected chi connectivity index (χ3v) is 3.62. The Kier molecular flexibility index (Phi) is 3.95. The summed E-state index contributed by atoms with van der Waals surface area (Å²) >= 11 is 5.35. The summed E-state index contributed by atoms with van der Waals surface area (Å²) in [5, 5.41) is 1.19. The maximum absolute atomic E-state index is 4.62. The molecule has 4 heteroatoms. The molecule has 1 aromatic heterocycles. The molecule has 0 fully saturated rings. The van der Waals surface area contributed by atoms with E-state index in [1.54, 1.807) is 11.3 Å². The predicted molar refractivity (Wildman–Crippen MR) is 74.3 cm³/mol. The van der Waals surface area contributed by atoms with E-state index in [0.29, 0.717) is 4.83 Å². The standard InChI is InChI=1S/C12H15BrN2S/c1-9(13)7-15(2)8-12-14-10-5-3-4-6-11(10)16-12/h3-6,9H,7-8H2,1-2H3. The first-order valence-electron chi connectivity index (χ1n) is 5.32. The lowest BCUT2D eigenvalue weighted by atomic mass is 10.3. The summed E-state index contributed by atoms with van der Waals surface area (Å²) in [4.78, 5) is 7.43. The van der Waals surface area contributed by atoms with Crippen molar-refractivity contribution in [2.75, 3.05) is 13.6 Å². The minimum Gasteiger partial charge on any atom is -0.299 e. The van der Waals surface area contributed by atoms with Crippen LogP contribution in [0.5, 0.6) is 0 Å². The molecule has 86 valence electrons. The molecule has 0 aliphatic carbocycles. The number of benzene rings is 1. The quantitative estimate of drug-likeness (QED) is 0.803. The van der Waals surface area contributed by atoms with Crippen molar-refractivity contribution in [2.24, 2.45) is 0 Å². The van der Waals surface area contributed by atoms with Crippen molar-refractivity contribution in [3.8, 4) is 0 Å². The van der Waals surface area contributed by atoms with E-state index in [0.717, 1.165) is 18.6 Å². The number of hydrogen-bond acceptors (Lipinski definition) is 3. The molecule has 0 aliphatic heterocycles. The van der Waals surface area contributed by atoms with E-state index >= 15 is 0 Å². The molecule has 16 heavy (non-hydrogen) atoms. The zero-order valence-corrected chi connectivity index (χ0v) is 11.9. The van der Waals surface area contributed by atoms with Crippen molar-refractivity contribution in [3.05, 3.63) is 29.3 Å². The van der Waals surface area contributed by atoms with Gasteiger partial charge in [0.05, 0.1) is 16.8 Å². The van der Waals surface area contributed by atoms with Gasteiger partial charge in [0.25, 0.3) is 0 Å². The summed E-state index contributed by atoms with van der Waals surface area (Å²) in [6.45, 7) is 4.13. The SMILES string of the molecule is CC(Br)CN(C)Cc1nc2ccccc2s1. The number of nitrogens with zero attached hydrogens (tertiary/aromatic N) is 2. The first-order chi connectivity index (χ1) is 7.65. The van der Waals surface area contributed by atoms with Crippen LogP contribution in [-0.2, 0) is 6.54 Å². The van der Waals surface area contributed by atoms with E-state index in [4.69, 9.17) is 0 Å². The summed E-state index contributed by atoms with van der Waals surface area (Å²) < 4.78 is 1.28. The van der Waals surface area contributed by atoms with Gasteiger partial charge in [0.15, 0.2) is 0 Å². The van der Waals surface area contributed by atoms with E-state index in [-0.39, 0.29) is 0 Å². The van der Waals surface area contributed by atoms with Crippen LogP contribution in [0.1, 0.15) is 11.9 Å². The number of hydrogen-bond donors (Lipinski definition) is 0. The third kappa shape index (κ3) is 3.03. The second-order valence-corrected chi connectivity index (χ2v) is 6.73. The molecule has 1 unspecified atom stereocenters. The summed E-state index contributed by atoms with van der Waals surface area (Å²) in [5.41, 5.74) is 1.11. The van der Waals surface area contributed by atoms with Crippen LogP contribution in [0, 0.1) is 0 Å². The van der Waals surface area contributed by atoms with Crippen LogP contribution in [0.2, 0.25) is 0 Å². The van der Waals surface area contributed by atoms with Gasteiger partial charge in [-0.15, -0.1) is 11.3 Å². The zero-order chi connectivity index (χ0) is 11.5. The molecule has 0 amide bonds. The molecule has 0 N–H and O–H groups in total. The Morgan fingerprint density at radius 2 is 2.19 bits per heavy atom. The predicted octanol–water partition coefficient (Wildman–Crippen LogP) is 3.51. The molecule has 0 saturated heterocycles. The number of halogens is 1. The molecular formula is C12H15BrN2S. The average molecular weight is 299 g/mol. The van der Waals surface area contributed by atoms with Gasteiger partial charge in [0, 0.05) is 11.4 Å². The van der Waals surface area contributed by atoms with Gasteiger partial charge in [-0.25, -0.2) is 4.98 Å². The summed E-state index contributed by atoms with van der Waals surface area (Å²) in [7, 11) is 2.13. The van der Waals surface area contributed by atoms with Crippen LogP contribution < -0.4 is 0 Å². The Hall–Kier alpha value is -0.450. The van der Waals surface area contributed by atoms with Crippen molar-refractivity contribution in [1.82, 2.24) is 9.88 Å². The van der Waals surface area contributed by atoms with Gasteiger partial charge in [-0.2, -0.15) is 0 Å². The van der Waals surface area contributed by atoms with Crippen LogP contribution in [-0.4, -0.2) is 28.3 Å². The fraction of sp³-hybridized carbons (Fsp3) is 0.417. The van der Waals surface area contributed by atoms with Crippen LogP contribution in [0.4, 0.5) is 0 Å². The third-order valence-electron chi connectivity index (χ3n) is 2.31. The highest BCUT2D eigenvalue weighted by molar-refractivity contribution is 9.09. The first kappa shape index (κ1) is 12.0. The lowest BCUT2D eigenvalue weighted by Crippen LogP contribution is -2.23. The van der Waals surface area contributed by atoms with Gasteiger partial charge >= 0.3 is 0 Å². The van der Waals surface area contributed by atoms with Gasteiger partial charge in [-0.1, -0.05) is 35.0 Å². The fourth-order valence-electron chi connectivity index (χ4n) is 1.71. The molecule has 1 heterocycles. The molecule has 0 spiro atoms. The Morgan fingerprint density at radius 1 is 1.44 bits per heavy atom. The van der Waals surface area contributed by atoms with Crippen LogP contribution in [0.3, 0.4) is 0 Å². The molecule has 0 bridgehead atoms. The summed E-state index contributed by atoms with van der Waals surface area (Å²) in [6, 6.07) is 8.30. The van der Waals surface area contributed by atoms with Gasteiger partial charge < -0.3 is 0 Å². The lowest BCUT2D eigenvalue weighted by molar-refractivity contribution is 0.332. The van der Waals surface area contributed by atoms with E-state index in [9.17, 15) is 0 Å². The first-order valence-corrected chi connectivity index (χ1v) is 7.05. The van der Waals surface area contributed by atoms with Crippen molar-refractivity contribution in [1.29, 1.82) is 0 Å². The van der Waals surface area contributed by atoms with Crippen LogP contribution in [0.15, 0.2) is 24.3 Å². The maximum atomic E-state index is 4.62. The van der Waals surface area contributed by atoms with E-state index < -0.39 is 0 Å². The van der Waals surface area contributed by atoms with Crippen molar-refractivity contribution in [2.45, 2.75) is 18.3 Å². The molecule has 0 aliphatic rings. The maximum Gasteiger partial charge on any atom is 0.108 e. The van der Waals surface area contributed by atoms with E-state index in [1.165, 1.54) is 9.71 Å². The monoisotopic (exact) mass is 298 g/mol. The lowest BCUT2D eigenvalue weighted by Gasteiger charge is -2.16. The second kappa shape index (κ2) is 5.25. The van der Waals surface area contributed by atoms with Crippen molar-refractivity contribution >= 4 is 37.5 Å². The Morgan fingerprint density at radius 3 is 2.88 bits per heavy atom. The fourth-order valence-corrected chi connectivity index (χ4v) is 3.25. The van der Waals surface area contributed by atoms with Gasteiger partial charge in [-0.3, -0.25) is 4.90 Å². The van der Waals surface area contributed by atoms with Crippen molar-refractivity contribution < 1.29 is 0 Å². The second-order valence-electron chi connectivity index (χ2n) is 4.05. The Bertz CT molecular complexity index is 434. The smallest absolute Gasteiger partial charge is 0.108 e. The molecule has 2 nitrogen and oxygen atoms in total. The number of rotatable bonds is 4. The number of fused-ring (bicyclic) bond motifs is 1. The highest BCUT2D eigenvalue weighted by Gasteiger charge is 2.07. The minimum atomic E-state index is 0.520. The molecule has 1 atom stereocenters. The number of aromatic nitrogens is 1. The average Bonchev–Trinajstić information content (AvgIpc) is 2.57. The zero-order valence-electron chi connectivity index (χ0n) is 9.48. The molecule has 0 radical (unpaired) electrons. The molecule has 0 saturated carbocycles. The number of alkyl halides is 1. The molecule has 2 rings (SSSR count). The minimum absolute atomic E-state index is 0.520. The molecule has 1 aromatic carbocycles. The normalized spacial score (nSPS) is 13.5. The van der Waals surface area contributed by atoms with Gasteiger partial charge in [-0.05, 0) is 19.2 Å². The van der Waals surface area contributed by atoms with E-state index in [1.807, 2.05) is 6.07 Å². The molecule has 2 aromatic rings. The highest BCUT2D eigenvalue weighted by atomic mass is 79.9. The van der Waals surface area contributed by atoms with Crippen LogP contribution in [0.25, 0.3) is 10.2 Å². The molecular weight excluding hydrogens is 284 g/mol. The van der Waals surface area contributed by atoms with E-state index in [2.05, 4.69) is 58.0 Å². The summed E-state index contributed by atoms with van der Waals surface area (Å²) in [5.74, 6) is 0. The summed E-state index contributed by atoms with van der Waals surface area (Å²) in [6.07, 6.45) is 0. The van der Waals surface area contributed by atoms with Gasteiger partial charge in [0.1, 0.15) is 5.01 Å². The van der Waals surface area contributed by atoms with Crippen LogP contribution >= 0.6 is 27.3 Å². The number of thiazole rings is 1. The number of para-hydroxylation sites is 1. The largest absolute Gasteiger partial charge is 0.299 e. The van der Waals surface area contributed by atoms with Crippen molar-refractivity contribution in [3.63, 3.8) is 0 Å². The highest BCUT2D eigenvalue weighted by Crippen LogP contribution is 2.22. The Balaban J connectivity index is 2.09. The Labute approximate surface area is 108 Å².